The molecule has 0 aromatic heterocycles. The molecule has 0 spiro atoms. The number of alkyl halides is 3. The molecule has 1 saturated carbocycles. The van der Waals surface area contributed by atoms with Gasteiger partial charge in [-0.3, -0.25) is 0 Å². The molecular formula is C16H19F3NO+. The van der Waals surface area contributed by atoms with E-state index >= 15 is 0 Å². The summed E-state index contributed by atoms with van der Waals surface area (Å²) in [7, 11) is 0. The summed E-state index contributed by atoms with van der Waals surface area (Å²) in [5.74, 6) is 1.06. The van der Waals surface area contributed by atoms with Crippen molar-refractivity contribution in [2.24, 2.45) is 0 Å². The van der Waals surface area contributed by atoms with E-state index < -0.39 is 6.18 Å². The second-order valence-corrected chi connectivity index (χ2v) is 5.95. The zero-order valence-corrected chi connectivity index (χ0v) is 12.0. The number of fused-ring (bicyclic) bond motifs is 1. The minimum absolute atomic E-state index is 0.0575. The Morgan fingerprint density at radius 2 is 1.90 bits per heavy atom. The number of halogens is 3. The summed E-state index contributed by atoms with van der Waals surface area (Å²) >= 11 is 0. The van der Waals surface area contributed by atoms with Crippen LogP contribution in [-0.4, -0.2) is 23.7 Å². The topological polar surface area (TPSA) is 12.2 Å². The molecule has 1 aromatic rings. The van der Waals surface area contributed by atoms with Crippen LogP contribution < -0.4 is 4.74 Å². The normalized spacial score (nSPS) is 21.4. The average molecular weight is 298 g/mol. The third-order valence-corrected chi connectivity index (χ3v) is 4.25. The van der Waals surface area contributed by atoms with Crippen LogP contribution >= 0.6 is 0 Å². The first-order valence-electron chi connectivity index (χ1n) is 7.41. The molecule has 114 valence electrons. The summed E-state index contributed by atoms with van der Waals surface area (Å²) in [6.45, 7) is 1.87. The van der Waals surface area contributed by atoms with Crippen LogP contribution in [0.15, 0.2) is 12.1 Å². The standard InChI is InChI=1S/C16H19F3NO/c1-11-7-13(12-5-3-2-4-6-12)15-14(8-11)20(10-21-15)9-16(17,18)19/h7-9,12H,2-6,10H2,1H3/q+1/b20-9-. The first kappa shape index (κ1) is 14.4. The Kier molecular flexibility index (Phi) is 3.68. The maximum absolute atomic E-state index is 12.6. The molecule has 1 aliphatic heterocycles. The number of benzene rings is 1. The molecule has 1 fully saturated rings. The van der Waals surface area contributed by atoms with Gasteiger partial charge in [-0.1, -0.05) is 25.3 Å². The minimum atomic E-state index is -4.33. The highest BCUT2D eigenvalue weighted by atomic mass is 19.4. The van der Waals surface area contributed by atoms with Gasteiger partial charge in [0.1, 0.15) is 0 Å². The minimum Gasteiger partial charge on any atom is -0.429 e. The van der Waals surface area contributed by atoms with Gasteiger partial charge in [-0.25, -0.2) is 0 Å². The Bertz CT molecular complexity index is 572. The van der Waals surface area contributed by atoms with Crippen LogP contribution in [0.25, 0.3) is 0 Å². The second kappa shape index (κ2) is 5.35. The van der Waals surface area contributed by atoms with Gasteiger partial charge in [0, 0.05) is 11.6 Å². The Labute approximate surface area is 122 Å². The van der Waals surface area contributed by atoms with Gasteiger partial charge in [-0.2, -0.15) is 17.7 Å². The Morgan fingerprint density at radius 1 is 1.19 bits per heavy atom. The summed E-state index contributed by atoms with van der Waals surface area (Å²) in [5.41, 5.74) is 2.62. The molecule has 21 heavy (non-hydrogen) atoms. The molecule has 0 radical (unpaired) electrons. The van der Waals surface area contributed by atoms with Crippen LogP contribution in [-0.2, 0) is 0 Å². The lowest BCUT2D eigenvalue weighted by Gasteiger charge is -2.22. The fourth-order valence-electron chi connectivity index (χ4n) is 3.36. The van der Waals surface area contributed by atoms with Gasteiger partial charge in [-0.15, -0.1) is 0 Å². The van der Waals surface area contributed by atoms with Gasteiger partial charge in [0.05, 0.1) is 0 Å². The number of hydrogen-bond acceptors (Lipinski definition) is 1. The van der Waals surface area contributed by atoms with Gasteiger partial charge < -0.3 is 4.74 Å². The van der Waals surface area contributed by atoms with Crippen LogP contribution in [0.2, 0.25) is 0 Å². The first-order chi connectivity index (χ1) is 9.94. The van der Waals surface area contributed by atoms with Crippen LogP contribution in [0.5, 0.6) is 5.75 Å². The van der Waals surface area contributed by atoms with E-state index in [2.05, 4.69) is 6.07 Å². The van der Waals surface area contributed by atoms with Gasteiger partial charge in [0.2, 0.25) is 5.75 Å². The maximum atomic E-state index is 12.6. The Balaban J connectivity index is 2.02. The molecule has 1 aliphatic carbocycles. The van der Waals surface area contributed by atoms with Crippen molar-refractivity contribution in [3.8, 4) is 5.75 Å². The van der Waals surface area contributed by atoms with Crippen molar-refractivity contribution in [3.05, 3.63) is 23.3 Å². The van der Waals surface area contributed by atoms with Crippen LogP contribution in [0.3, 0.4) is 0 Å². The smallest absolute Gasteiger partial charge is 0.429 e. The lowest BCUT2D eigenvalue weighted by Crippen LogP contribution is -2.19. The van der Waals surface area contributed by atoms with Crippen molar-refractivity contribution < 1.29 is 22.5 Å². The summed E-state index contributed by atoms with van der Waals surface area (Å²) in [5, 5.41) is 0. The van der Waals surface area contributed by atoms with Gasteiger partial charge in [0.15, 0.2) is 0 Å². The fourth-order valence-corrected chi connectivity index (χ4v) is 3.36. The quantitative estimate of drug-likeness (QED) is 0.686. The SMILES string of the molecule is Cc1cc(C2CCCCC2)c2c(c1)/[N+](=C\C(F)(F)F)CO2. The van der Waals surface area contributed by atoms with Gasteiger partial charge in [0.25, 0.3) is 18.6 Å². The summed E-state index contributed by atoms with van der Waals surface area (Å²) in [4.78, 5) is 0. The molecule has 0 N–H and O–H groups in total. The molecule has 2 aliphatic rings. The molecule has 1 heterocycles. The van der Waals surface area contributed by atoms with E-state index in [9.17, 15) is 13.2 Å². The van der Waals surface area contributed by atoms with E-state index in [1.807, 2.05) is 6.92 Å². The summed E-state index contributed by atoms with van der Waals surface area (Å²) < 4.78 is 44.6. The van der Waals surface area contributed by atoms with Crippen molar-refractivity contribution in [1.82, 2.24) is 0 Å². The second-order valence-electron chi connectivity index (χ2n) is 5.95. The van der Waals surface area contributed by atoms with E-state index in [-0.39, 0.29) is 6.73 Å². The van der Waals surface area contributed by atoms with E-state index in [1.165, 1.54) is 19.3 Å². The fraction of sp³-hybridized carbons (Fsp3) is 0.562. The molecule has 0 saturated heterocycles. The van der Waals surface area contributed by atoms with Crippen molar-refractivity contribution in [2.75, 3.05) is 6.73 Å². The highest BCUT2D eigenvalue weighted by molar-refractivity contribution is 5.64. The Hall–Kier alpha value is -1.52. The molecule has 3 rings (SSSR count). The van der Waals surface area contributed by atoms with E-state index in [0.717, 1.165) is 28.5 Å². The average Bonchev–Trinajstić information content (AvgIpc) is 2.80. The zero-order valence-electron chi connectivity index (χ0n) is 12.0. The molecule has 0 atom stereocenters. The van der Waals surface area contributed by atoms with E-state index in [4.69, 9.17) is 4.74 Å². The number of nitrogens with zero attached hydrogens (tertiary/aromatic N) is 1. The monoisotopic (exact) mass is 298 g/mol. The molecule has 0 bridgehead atoms. The molecule has 1 aromatic carbocycles. The largest absolute Gasteiger partial charge is 0.469 e. The molecular weight excluding hydrogens is 279 g/mol. The van der Waals surface area contributed by atoms with Crippen molar-refractivity contribution in [3.63, 3.8) is 0 Å². The number of ether oxygens (including phenoxy) is 1. The molecule has 5 heteroatoms. The van der Waals surface area contributed by atoms with Crippen molar-refractivity contribution >= 4 is 11.9 Å². The third-order valence-electron chi connectivity index (χ3n) is 4.25. The van der Waals surface area contributed by atoms with Crippen molar-refractivity contribution in [1.29, 1.82) is 0 Å². The third kappa shape index (κ3) is 3.06. The van der Waals surface area contributed by atoms with Crippen molar-refractivity contribution in [2.45, 2.75) is 51.1 Å². The highest BCUT2D eigenvalue weighted by Crippen LogP contribution is 2.45. The van der Waals surface area contributed by atoms with E-state index in [0.29, 0.717) is 23.6 Å². The Morgan fingerprint density at radius 3 is 2.57 bits per heavy atom. The van der Waals surface area contributed by atoms with E-state index in [1.54, 1.807) is 6.07 Å². The van der Waals surface area contributed by atoms with Gasteiger partial charge >= 0.3 is 6.18 Å². The predicted octanol–water partition coefficient (Wildman–Crippen LogP) is 4.67. The number of aryl methyl sites for hydroxylation is 1. The molecule has 2 nitrogen and oxygen atoms in total. The zero-order chi connectivity index (χ0) is 15.0. The summed E-state index contributed by atoms with van der Waals surface area (Å²) in [6, 6.07) is 3.85. The first-order valence-corrected chi connectivity index (χ1v) is 7.41. The highest BCUT2D eigenvalue weighted by Gasteiger charge is 2.37. The molecule has 0 unspecified atom stereocenters. The van der Waals surface area contributed by atoms with Crippen LogP contribution in [0, 0.1) is 6.92 Å². The number of hydrogen-bond donors (Lipinski definition) is 0. The summed E-state index contributed by atoms with van der Waals surface area (Å²) in [6.07, 6.45) is 1.78. The molecule has 0 amide bonds. The maximum Gasteiger partial charge on any atom is 0.469 e. The predicted molar refractivity (Wildman–Crippen MR) is 74.5 cm³/mol. The van der Waals surface area contributed by atoms with Crippen LogP contribution in [0.4, 0.5) is 18.9 Å². The van der Waals surface area contributed by atoms with Gasteiger partial charge in [-0.05, 0) is 31.2 Å². The number of rotatable bonds is 1. The van der Waals surface area contributed by atoms with Crippen LogP contribution in [0.1, 0.15) is 49.1 Å². The lowest BCUT2D eigenvalue weighted by atomic mass is 9.83. The lowest BCUT2D eigenvalue weighted by molar-refractivity contribution is -0.460.